The highest BCUT2D eigenvalue weighted by Gasteiger charge is 2.20. The SMILES string of the molecule is COc1ccc(C(=O)c2ncc(OC)nc2OC)nn1. The van der Waals surface area contributed by atoms with E-state index in [-0.39, 0.29) is 23.1 Å². The summed E-state index contributed by atoms with van der Waals surface area (Å²) in [6, 6.07) is 3.02. The molecule has 8 nitrogen and oxygen atoms in total. The first-order chi connectivity index (χ1) is 9.69. The molecule has 8 heteroatoms. The van der Waals surface area contributed by atoms with Gasteiger partial charge >= 0.3 is 0 Å². The van der Waals surface area contributed by atoms with E-state index in [0.717, 1.165) is 0 Å². The maximum atomic E-state index is 12.3. The van der Waals surface area contributed by atoms with Gasteiger partial charge in [0.05, 0.1) is 27.5 Å². The van der Waals surface area contributed by atoms with Crippen LogP contribution in [0.5, 0.6) is 17.6 Å². The van der Waals surface area contributed by atoms with Gasteiger partial charge in [0.2, 0.25) is 23.4 Å². The van der Waals surface area contributed by atoms with Crippen molar-refractivity contribution < 1.29 is 19.0 Å². The Bertz CT molecular complexity index is 615. The Hall–Kier alpha value is -2.77. The minimum Gasteiger partial charge on any atom is -0.480 e. The van der Waals surface area contributed by atoms with Crippen molar-refractivity contribution in [1.82, 2.24) is 20.2 Å². The first kappa shape index (κ1) is 13.7. The van der Waals surface area contributed by atoms with Crippen molar-refractivity contribution in [3.8, 4) is 17.6 Å². The van der Waals surface area contributed by atoms with Gasteiger partial charge in [0.15, 0.2) is 5.69 Å². The molecule has 2 heterocycles. The fourth-order valence-electron chi connectivity index (χ4n) is 1.42. The minimum absolute atomic E-state index is 0.0350. The Morgan fingerprint density at radius 2 is 1.75 bits per heavy atom. The molecular formula is C12H12N4O4. The van der Waals surface area contributed by atoms with Crippen molar-refractivity contribution in [1.29, 1.82) is 0 Å². The molecule has 2 aromatic rings. The van der Waals surface area contributed by atoms with Gasteiger partial charge in [0, 0.05) is 6.07 Å². The summed E-state index contributed by atoms with van der Waals surface area (Å²) in [6.07, 6.45) is 1.33. The number of ether oxygens (including phenoxy) is 3. The molecule has 2 rings (SSSR count). The maximum Gasteiger partial charge on any atom is 0.247 e. The molecule has 0 aliphatic carbocycles. The van der Waals surface area contributed by atoms with E-state index in [2.05, 4.69) is 20.2 Å². The second-order valence-electron chi connectivity index (χ2n) is 3.56. The van der Waals surface area contributed by atoms with Crippen LogP contribution in [0.15, 0.2) is 18.3 Å². The zero-order chi connectivity index (χ0) is 14.5. The van der Waals surface area contributed by atoms with E-state index in [4.69, 9.17) is 14.2 Å². The Kier molecular flexibility index (Phi) is 4.04. The standard InChI is InChI=1S/C12H12N4O4/c1-18-8-5-4-7(15-16-8)11(17)10-12(20-3)14-9(19-2)6-13-10/h4-6H,1-3H3. The normalized spacial score (nSPS) is 9.95. The molecule has 0 spiro atoms. The lowest BCUT2D eigenvalue weighted by molar-refractivity contribution is 0.102. The molecule has 0 amide bonds. The van der Waals surface area contributed by atoms with Gasteiger partial charge in [-0.05, 0) is 6.07 Å². The number of ketones is 1. The molecule has 0 unspecified atom stereocenters. The smallest absolute Gasteiger partial charge is 0.247 e. The molecule has 0 saturated carbocycles. The third kappa shape index (κ3) is 2.63. The summed E-state index contributed by atoms with van der Waals surface area (Å²) in [4.78, 5) is 20.2. The molecule has 0 bridgehead atoms. The fourth-order valence-corrected chi connectivity index (χ4v) is 1.42. The Morgan fingerprint density at radius 1 is 1.00 bits per heavy atom. The Balaban J connectivity index is 2.36. The van der Waals surface area contributed by atoms with Gasteiger partial charge in [-0.25, -0.2) is 4.98 Å². The van der Waals surface area contributed by atoms with Crippen LogP contribution in [0.2, 0.25) is 0 Å². The van der Waals surface area contributed by atoms with Crippen molar-refractivity contribution in [2.24, 2.45) is 0 Å². The molecular weight excluding hydrogens is 264 g/mol. The number of aromatic nitrogens is 4. The van der Waals surface area contributed by atoms with Crippen LogP contribution in [0.4, 0.5) is 0 Å². The Labute approximate surface area is 114 Å². The molecule has 0 radical (unpaired) electrons. The van der Waals surface area contributed by atoms with Crippen LogP contribution >= 0.6 is 0 Å². The minimum atomic E-state index is -0.452. The van der Waals surface area contributed by atoms with E-state index < -0.39 is 5.78 Å². The summed E-state index contributed by atoms with van der Waals surface area (Å²) in [5.74, 6) is 0.174. The number of nitrogens with zero attached hydrogens (tertiary/aromatic N) is 4. The van der Waals surface area contributed by atoms with Crippen LogP contribution in [-0.4, -0.2) is 47.3 Å². The lowest BCUT2D eigenvalue weighted by Crippen LogP contribution is -2.11. The molecule has 0 aromatic carbocycles. The van der Waals surface area contributed by atoms with Gasteiger partial charge in [-0.2, -0.15) is 4.98 Å². The highest BCUT2D eigenvalue weighted by molar-refractivity contribution is 6.07. The van der Waals surface area contributed by atoms with E-state index in [0.29, 0.717) is 5.88 Å². The van der Waals surface area contributed by atoms with Gasteiger partial charge in [-0.15, -0.1) is 10.2 Å². The van der Waals surface area contributed by atoms with Crippen molar-refractivity contribution in [3.63, 3.8) is 0 Å². The monoisotopic (exact) mass is 276 g/mol. The van der Waals surface area contributed by atoms with Gasteiger partial charge in [0.1, 0.15) is 5.69 Å². The summed E-state index contributed by atoms with van der Waals surface area (Å²) in [6.45, 7) is 0. The summed E-state index contributed by atoms with van der Waals surface area (Å²) in [5.41, 5.74) is 0.149. The summed E-state index contributed by atoms with van der Waals surface area (Å²) in [5, 5.41) is 7.49. The number of rotatable bonds is 5. The van der Waals surface area contributed by atoms with E-state index in [1.807, 2.05) is 0 Å². The summed E-state index contributed by atoms with van der Waals surface area (Å²) < 4.78 is 14.8. The average molecular weight is 276 g/mol. The molecule has 0 N–H and O–H groups in total. The predicted octanol–water partition coefficient (Wildman–Crippen LogP) is 0.523. The largest absolute Gasteiger partial charge is 0.480 e. The summed E-state index contributed by atoms with van der Waals surface area (Å²) in [7, 11) is 4.29. The molecule has 0 saturated heterocycles. The van der Waals surface area contributed by atoms with Gasteiger partial charge < -0.3 is 14.2 Å². The van der Waals surface area contributed by atoms with E-state index in [9.17, 15) is 4.79 Å². The quantitative estimate of drug-likeness (QED) is 0.729. The molecule has 20 heavy (non-hydrogen) atoms. The van der Waals surface area contributed by atoms with Crippen LogP contribution in [0.3, 0.4) is 0 Å². The maximum absolute atomic E-state index is 12.3. The van der Waals surface area contributed by atoms with Gasteiger partial charge in [0.25, 0.3) is 0 Å². The molecule has 0 fully saturated rings. The van der Waals surface area contributed by atoms with Crippen LogP contribution in [0.25, 0.3) is 0 Å². The van der Waals surface area contributed by atoms with Crippen LogP contribution < -0.4 is 14.2 Å². The number of carbonyl (C=O) groups excluding carboxylic acids is 1. The zero-order valence-electron chi connectivity index (χ0n) is 11.2. The van der Waals surface area contributed by atoms with Gasteiger partial charge in [-0.3, -0.25) is 4.79 Å². The molecule has 104 valence electrons. The lowest BCUT2D eigenvalue weighted by atomic mass is 10.2. The highest BCUT2D eigenvalue weighted by Crippen LogP contribution is 2.19. The Morgan fingerprint density at radius 3 is 2.30 bits per heavy atom. The number of methoxy groups -OCH3 is 3. The lowest BCUT2D eigenvalue weighted by Gasteiger charge is -2.06. The van der Waals surface area contributed by atoms with Crippen LogP contribution in [-0.2, 0) is 0 Å². The van der Waals surface area contributed by atoms with Crippen LogP contribution in [0, 0.1) is 0 Å². The zero-order valence-corrected chi connectivity index (χ0v) is 11.2. The first-order valence-electron chi connectivity index (χ1n) is 5.57. The second kappa shape index (κ2) is 5.91. The number of hydrogen-bond donors (Lipinski definition) is 0. The second-order valence-corrected chi connectivity index (χ2v) is 3.56. The summed E-state index contributed by atoms with van der Waals surface area (Å²) >= 11 is 0. The van der Waals surface area contributed by atoms with E-state index in [1.54, 1.807) is 0 Å². The topological polar surface area (TPSA) is 96.3 Å². The van der Waals surface area contributed by atoms with Crippen molar-refractivity contribution in [2.45, 2.75) is 0 Å². The number of carbonyl (C=O) groups is 1. The predicted molar refractivity (Wildman–Crippen MR) is 67.2 cm³/mol. The van der Waals surface area contributed by atoms with Crippen LogP contribution in [0.1, 0.15) is 16.2 Å². The highest BCUT2D eigenvalue weighted by atomic mass is 16.5. The van der Waals surface area contributed by atoms with Crippen molar-refractivity contribution >= 4 is 5.78 Å². The third-order valence-corrected chi connectivity index (χ3v) is 2.42. The average Bonchev–Trinajstić information content (AvgIpc) is 2.53. The molecule has 0 aliphatic heterocycles. The third-order valence-electron chi connectivity index (χ3n) is 2.42. The van der Waals surface area contributed by atoms with Crippen molar-refractivity contribution in [3.05, 3.63) is 29.7 Å². The van der Waals surface area contributed by atoms with Gasteiger partial charge in [-0.1, -0.05) is 0 Å². The molecule has 2 aromatic heterocycles. The van der Waals surface area contributed by atoms with E-state index >= 15 is 0 Å². The number of hydrogen-bond acceptors (Lipinski definition) is 8. The first-order valence-corrected chi connectivity index (χ1v) is 5.57. The molecule has 0 atom stereocenters. The molecule has 0 aliphatic rings. The van der Waals surface area contributed by atoms with Crippen molar-refractivity contribution in [2.75, 3.05) is 21.3 Å². The van der Waals surface area contributed by atoms with E-state index in [1.165, 1.54) is 39.7 Å². The fraction of sp³-hybridized carbons (Fsp3) is 0.250.